The van der Waals surface area contributed by atoms with Gasteiger partial charge < -0.3 is 10.8 Å². The molecule has 1 atom stereocenters. The van der Waals surface area contributed by atoms with Crippen LogP contribution < -0.4 is 10.5 Å². The summed E-state index contributed by atoms with van der Waals surface area (Å²) in [5.74, 6) is -1.23. The lowest BCUT2D eigenvalue weighted by molar-refractivity contribution is -0.138. The standard InChI is InChI=1S/C24H26N2O4S/c1-15-11-16(2)23(17(3)12-15)31(29,30)26-22(24(27)28)13-18-7-9-19(10-8-18)20-5-4-6-21(25)14-20/h4-12,14,22,26H,13,25H2,1-3H3,(H,27,28). The molecule has 31 heavy (non-hydrogen) atoms. The van der Waals surface area contributed by atoms with Crippen LogP contribution in [0.2, 0.25) is 0 Å². The summed E-state index contributed by atoms with van der Waals surface area (Å²) >= 11 is 0. The molecule has 0 aliphatic rings. The van der Waals surface area contributed by atoms with Crippen molar-refractivity contribution in [2.45, 2.75) is 38.1 Å². The number of aliphatic carboxylic acids is 1. The van der Waals surface area contributed by atoms with Crippen molar-refractivity contribution < 1.29 is 18.3 Å². The molecule has 0 aliphatic heterocycles. The molecule has 0 radical (unpaired) electrons. The number of benzene rings is 3. The molecular formula is C24H26N2O4S. The van der Waals surface area contributed by atoms with E-state index in [0.717, 1.165) is 16.7 Å². The number of sulfonamides is 1. The molecule has 0 spiro atoms. The smallest absolute Gasteiger partial charge is 0.322 e. The van der Waals surface area contributed by atoms with E-state index in [4.69, 9.17) is 5.73 Å². The van der Waals surface area contributed by atoms with Crippen LogP contribution in [0.15, 0.2) is 65.6 Å². The molecule has 1 unspecified atom stereocenters. The van der Waals surface area contributed by atoms with E-state index in [-0.39, 0.29) is 11.3 Å². The van der Waals surface area contributed by atoms with Crippen LogP contribution in [0.5, 0.6) is 0 Å². The second-order valence-electron chi connectivity index (χ2n) is 7.77. The molecule has 0 amide bonds. The van der Waals surface area contributed by atoms with E-state index in [1.54, 1.807) is 44.2 Å². The molecule has 0 heterocycles. The number of hydrogen-bond donors (Lipinski definition) is 3. The SMILES string of the molecule is Cc1cc(C)c(S(=O)(=O)NC(Cc2ccc(-c3cccc(N)c3)cc2)C(=O)O)c(C)c1. The minimum Gasteiger partial charge on any atom is -0.480 e. The van der Waals surface area contributed by atoms with Crippen molar-refractivity contribution in [3.63, 3.8) is 0 Å². The Bertz CT molecular complexity index is 1200. The monoisotopic (exact) mass is 438 g/mol. The van der Waals surface area contributed by atoms with E-state index >= 15 is 0 Å². The maximum atomic E-state index is 13.0. The van der Waals surface area contributed by atoms with E-state index < -0.39 is 22.0 Å². The maximum Gasteiger partial charge on any atom is 0.322 e. The predicted octanol–water partition coefficient (Wildman–Crippen LogP) is 3.84. The molecule has 0 bridgehead atoms. The number of rotatable bonds is 7. The van der Waals surface area contributed by atoms with Crippen LogP contribution in [0, 0.1) is 20.8 Å². The number of nitrogens with one attached hydrogen (secondary N) is 1. The molecule has 3 rings (SSSR count). The predicted molar refractivity (Wildman–Crippen MR) is 122 cm³/mol. The minimum atomic E-state index is -4.00. The number of aryl methyl sites for hydroxylation is 3. The fourth-order valence-electron chi connectivity index (χ4n) is 3.80. The van der Waals surface area contributed by atoms with Gasteiger partial charge in [-0.3, -0.25) is 4.79 Å². The third-order valence-corrected chi connectivity index (χ3v) is 6.86. The number of hydrogen-bond acceptors (Lipinski definition) is 4. The van der Waals surface area contributed by atoms with E-state index in [9.17, 15) is 18.3 Å². The molecule has 0 aliphatic carbocycles. The van der Waals surface area contributed by atoms with Gasteiger partial charge in [-0.25, -0.2) is 8.42 Å². The Hall–Kier alpha value is -3.16. The van der Waals surface area contributed by atoms with Gasteiger partial charge in [0.25, 0.3) is 0 Å². The zero-order valence-electron chi connectivity index (χ0n) is 17.7. The van der Waals surface area contributed by atoms with Crippen molar-refractivity contribution in [1.29, 1.82) is 0 Å². The lowest BCUT2D eigenvalue weighted by Crippen LogP contribution is -2.42. The van der Waals surface area contributed by atoms with Crippen molar-refractivity contribution in [3.05, 3.63) is 82.9 Å². The Balaban J connectivity index is 1.83. The van der Waals surface area contributed by atoms with Gasteiger partial charge in [0.2, 0.25) is 10.0 Å². The molecular weight excluding hydrogens is 412 g/mol. The Morgan fingerprint density at radius 1 is 0.968 bits per heavy atom. The first-order valence-corrected chi connectivity index (χ1v) is 11.3. The summed E-state index contributed by atoms with van der Waals surface area (Å²) in [6, 6.07) is 17.0. The van der Waals surface area contributed by atoms with Crippen molar-refractivity contribution in [1.82, 2.24) is 4.72 Å². The first-order chi connectivity index (χ1) is 14.6. The maximum absolute atomic E-state index is 13.0. The highest BCUT2D eigenvalue weighted by atomic mass is 32.2. The number of nitrogens with two attached hydrogens (primary N) is 1. The first kappa shape index (κ1) is 22.5. The third-order valence-electron chi connectivity index (χ3n) is 5.08. The van der Waals surface area contributed by atoms with Crippen LogP contribution in [0.1, 0.15) is 22.3 Å². The molecule has 6 nitrogen and oxygen atoms in total. The average Bonchev–Trinajstić information content (AvgIpc) is 2.66. The lowest BCUT2D eigenvalue weighted by Gasteiger charge is -2.18. The van der Waals surface area contributed by atoms with Crippen molar-refractivity contribution in [3.8, 4) is 11.1 Å². The van der Waals surface area contributed by atoms with Gasteiger partial charge in [0.15, 0.2) is 0 Å². The Morgan fingerprint density at radius 2 is 1.58 bits per heavy atom. The van der Waals surface area contributed by atoms with Gasteiger partial charge in [0, 0.05) is 5.69 Å². The zero-order chi connectivity index (χ0) is 22.8. The fraction of sp³-hybridized carbons (Fsp3) is 0.208. The highest BCUT2D eigenvalue weighted by Crippen LogP contribution is 2.24. The lowest BCUT2D eigenvalue weighted by atomic mass is 10.0. The minimum absolute atomic E-state index is 0.0235. The van der Waals surface area contributed by atoms with Gasteiger partial charge in [-0.1, -0.05) is 54.1 Å². The molecule has 162 valence electrons. The second-order valence-corrected chi connectivity index (χ2v) is 9.42. The molecule has 4 N–H and O–H groups in total. The molecule has 7 heteroatoms. The summed E-state index contributed by atoms with van der Waals surface area (Å²) in [7, 11) is -4.00. The van der Waals surface area contributed by atoms with E-state index in [1.807, 2.05) is 37.3 Å². The van der Waals surface area contributed by atoms with Crippen LogP contribution in [0.25, 0.3) is 11.1 Å². The van der Waals surface area contributed by atoms with Crippen LogP contribution in [0.3, 0.4) is 0 Å². The average molecular weight is 439 g/mol. The molecule has 0 saturated carbocycles. The van der Waals surface area contributed by atoms with Crippen LogP contribution in [-0.4, -0.2) is 25.5 Å². The third kappa shape index (κ3) is 5.31. The summed E-state index contributed by atoms with van der Waals surface area (Å²) in [5, 5.41) is 9.65. The molecule has 0 aromatic heterocycles. The normalized spacial score (nSPS) is 12.5. The van der Waals surface area contributed by atoms with Gasteiger partial charge in [-0.2, -0.15) is 4.72 Å². The zero-order valence-corrected chi connectivity index (χ0v) is 18.5. The van der Waals surface area contributed by atoms with Crippen molar-refractivity contribution in [2.24, 2.45) is 0 Å². The summed E-state index contributed by atoms with van der Waals surface area (Å²) in [6.45, 7) is 5.30. The van der Waals surface area contributed by atoms with Gasteiger partial charge in [-0.05, 0) is 67.1 Å². The van der Waals surface area contributed by atoms with Gasteiger partial charge >= 0.3 is 5.97 Å². The van der Waals surface area contributed by atoms with Crippen LogP contribution >= 0.6 is 0 Å². The van der Waals surface area contributed by atoms with Gasteiger partial charge in [0.05, 0.1) is 4.90 Å². The van der Waals surface area contributed by atoms with Crippen LogP contribution in [-0.2, 0) is 21.2 Å². The Labute approximate surface area is 182 Å². The van der Waals surface area contributed by atoms with Crippen molar-refractivity contribution in [2.75, 3.05) is 5.73 Å². The fourth-order valence-corrected chi connectivity index (χ4v) is 5.45. The number of carbonyl (C=O) groups is 1. The highest BCUT2D eigenvalue weighted by molar-refractivity contribution is 7.89. The van der Waals surface area contributed by atoms with E-state index in [1.165, 1.54) is 0 Å². The molecule has 3 aromatic carbocycles. The van der Waals surface area contributed by atoms with E-state index in [2.05, 4.69) is 4.72 Å². The van der Waals surface area contributed by atoms with Gasteiger partial charge in [-0.15, -0.1) is 0 Å². The van der Waals surface area contributed by atoms with Crippen LogP contribution in [0.4, 0.5) is 5.69 Å². The number of anilines is 1. The molecule has 0 fully saturated rings. The highest BCUT2D eigenvalue weighted by Gasteiger charge is 2.28. The van der Waals surface area contributed by atoms with E-state index in [0.29, 0.717) is 22.4 Å². The molecule has 0 saturated heterocycles. The summed E-state index contributed by atoms with van der Waals surface area (Å²) in [4.78, 5) is 11.9. The number of carboxylic acid groups (broad SMARTS) is 1. The quantitative estimate of drug-likeness (QED) is 0.486. The summed E-state index contributed by atoms with van der Waals surface area (Å²) in [6.07, 6.45) is 0.0235. The Morgan fingerprint density at radius 3 is 2.13 bits per heavy atom. The summed E-state index contributed by atoms with van der Waals surface area (Å²) in [5.41, 5.74) is 11.2. The molecule has 3 aromatic rings. The Kier molecular flexibility index (Phi) is 6.48. The number of nitrogen functional groups attached to an aromatic ring is 1. The van der Waals surface area contributed by atoms with Gasteiger partial charge in [0.1, 0.15) is 6.04 Å². The summed E-state index contributed by atoms with van der Waals surface area (Å²) < 4.78 is 28.3. The topological polar surface area (TPSA) is 109 Å². The first-order valence-electron chi connectivity index (χ1n) is 9.84. The second kappa shape index (κ2) is 8.91. The number of carboxylic acids is 1. The largest absolute Gasteiger partial charge is 0.480 e. The van der Waals surface area contributed by atoms with Crippen molar-refractivity contribution >= 4 is 21.7 Å².